The molecule has 1 aromatic rings. The summed E-state index contributed by atoms with van der Waals surface area (Å²) in [6.45, 7) is 3.28. The molecule has 0 amide bonds. The van der Waals surface area contributed by atoms with E-state index in [-0.39, 0.29) is 29.0 Å². The van der Waals surface area contributed by atoms with Crippen molar-refractivity contribution >= 4 is 28.1 Å². The van der Waals surface area contributed by atoms with E-state index in [1.54, 1.807) is 6.92 Å². The Morgan fingerprint density at radius 3 is 2.52 bits per heavy atom. The van der Waals surface area contributed by atoms with Crippen LogP contribution >= 0.6 is 12.4 Å². The van der Waals surface area contributed by atoms with Gasteiger partial charge in [0.15, 0.2) is 0 Å². The minimum Gasteiger partial charge on any atom is -0.316 e. The summed E-state index contributed by atoms with van der Waals surface area (Å²) in [5.74, 6) is 0.701. The molecule has 0 aromatic heterocycles. The maximum absolute atomic E-state index is 12.4. The van der Waals surface area contributed by atoms with Gasteiger partial charge in [-0.1, -0.05) is 6.07 Å². The van der Waals surface area contributed by atoms with E-state index in [0.717, 1.165) is 19.2 Å². The maximum atomic E-state index is 12.4. The molecule has 0 radical (unpaired) electrons. The van der Waals surface area contributed by atoms with Gasteiger partial charge in [0.05, 0.1) is 9.82 Å². The quantitative estimate of drug-likeness (QED) is 0.627. The molecule has 1 aliphatic heterocycles. The number of nitro benzene ring substituents is 1. The molecule has 1 heterocycles. The van der Waals surface area contributed by atoms with Crippen molar-refractivity contribution in [2.75, 3.05) is 13.1 Å². The van der Waals surface area contributed by atoms with Gasteiger partial charge in [0, 0.05) is 18.2 Å². The predicted octanol–water partition coefficient (Wildman–Crippen LogP) is 0.821. The molecule has 1 saturated heterocycles. The van der Waals surface area contributed by atoms with Gasteiger partial charge in [0.1, 0.15) is 0 Å². The summed E-state index contributed by atoms with van der Waals surface area (Å²) in [5.41, 5.74) is 0.292. The van der Waals surface area contributed by atoms with Crippen LogP contribution in [0.5, 0.6) is 0 Å². The van der Waals surface area contributed by atoms with Crippen molar-refractivity contribution in [3.05, 3.63) is 33.9 Å². The molecule has 2 atom stereocenters. The molecule has 2 N–H and O–H groups in total. The van der Waals surface area contributed by atoms with Crippen molar-refractivity contribution in [2.45, 2.75) is 17.9 Å². The summed E-state index contributed by atoms with van der Waals surface area (Å²) in [4.78, 5) is 10.2. The molecular weight excluding hydrogens is 318 g/mol. The number of benzene rings is 1. The average molecular weight is 334 g/mol. The van der Waals surface area contributed by atoms with Crippen LogP contribution in [0.15, 0.2) is 23.1 Å². The Morgan fingerprint density at radius 1 is 1.33 bits per heavy atom. The van der Waals surface area contributed by atoms with Crippen LogP contribution in [-0.4, -0.2) is 32.5 Å². The Balaban J connectivity index is 0.00000161. The summed E-state index contributed by atoms with van der Waals surface area (Å²) >= 11 is 0. The highest BCUT2D eigenvalue weighted by Gasteiger charge is 2.54. The molecule has 9 heteroatoms. The molecule has 21 heavy (non-hydrogen) atoms. The number of nitrogens with zero attached hydrogens (tertiary/aromatic N) is 1. The molecule has 116 valence electrons. The zero-order valence-corrected chi connectivity index (χ0v) is 12.9. The average Bonchev–Trinajstić information content (AvgIpc) is 2.83. The molecule has 1 saturated carbocycles. The van der Waals surface area contributed by atoms with Gasteiger partial charge < -0.3 is 5.32 Å². The summed E-state index contributed by atoms with van der Waals surface area (Å²) in [6, 6.07) is 3.85. The molecule has 2 fully saturated rings. The number of non-ortho nitro benzene ring substituents is 1. The van der Waals surface area contributed by atoms with E-state index in [4.69, 9.17) is 0 Å². The molecule has 2 unspecified atom stereocenters. The lowest BCUT2D eigenvalue weighted by atomic mass is 10.2. The van der Waals surface area contributed by atoms with Gasteiger partial charge in [-0.3, -0.25) is 10.1 Å². The van der Waals surface area contributed by atoms with Gasteiger partial charge in [-0.05, 0) is 37.4 Å². The number of hydrogen-bond donors (Lipinski definition) is 2. The topological polar surface area (TPSA) is 101 Å². The molecule has 2 aliphatic rings. The smallest absolute Gasteiger partial charge is 0.270 e. The number of sulfonamides is 1. The van der Waals surface area contributed by atoms with E-state index in [1.165, 1.54) is 12.1 Å². The molecule has 0 bridgehead atoms. The van der Waals surface area contributed by atoms with Crippen LogP contribution in [0, 0.1) is 28.9 Å². The Morgan fingerprint density at radius 2 is 1.95 bits per heavy atom. The van der Waals surface area contributed by atoms with Crippen LogP contribution < -0.4 is 10.0 Å². The monoisotopic (exact) mass is 333 g/mol. The Hall–Kier alpha value is -1.22. The van der Waals surface area contributed by atoms with Gasteiger partial charge in [-0.2, -0.15) is 0 Å². The molecule has 3 rings (SSSR count). The highest BCUT2D eigenvalue weighted by Crippen LogP contribution is 2.42. The second-order valence-corrected chi connectivity index (χ2v) is 7.02. The second-order valence-electron chi connectivity index (χ2n) is 5.34. The lowest BCUT2D eigenvalue weighted by molar-refractivity contribution is -0.385. The summed E-state index contributed by atoms with van der Waals surface area (Å²) < 4.78 is 27.4. The summed E-state index contributed by atoms with van der Waals surface area (Å²) in [6.07, 6.45) is 0. The van der Waals surface area contributed by atoms with Crippen molar-refractivity contribution in [1.82, 2.24) is 10.0 Å². The highest BCUT2D eigenvalue weighted by atomic mass is 35.5. The van der Waals surface area contributed by atoms with Gasteiger partial charge in [-0.25, -0.2) is 13.1 Å². The number of fused-ring (bicyclic) bond motifs is 1. The van der Waals surface area contributed by atoms with Crippen molar-refractivity contribution in [2.24, 2.45) is 11.8 Å². The first-order valence-corrected chi connectivity index (χ1v) is 7.86. The van der Waals surface area contributed by atoms with E-state index in [1.807, 2.05) is 0 Å². The minimum absolute atomic E-state index is 0. The number of rotatable bonds is 4. The van der Waals surface area contributed by atoms with Gasteiger partial charge >= 0.3 is 0 Å². The first kappa shape index (κ1) is 16.2. The molecule has 7 nitrogen and oxygen atoms in total. The molecule has 1 aliphatic carbocycles. The van der Waals surface area contributed by atoms with Crippen LogP contribution in [0.1, 0.15) is 5.56 Å². The highest BCUT2D eigenvalue weighted by molar-refractivity contribution is 7.89. The Bertz CT molecular complexity index is 669. The number of nitrogens with one attached hydrogen (secondary N) is 2. The minimum atomic E-state index is -3.71. The standard InChI is InChI=1S/C12H15N3O4S.ClH/c1-7-2-3-8(15(16)17)4-11(7)20(18,19)14-12-9-5-13-6-10(9)12;/h2-4,9-10,12-14H,5-6H2,1H3;1H. The zero-order chi connectivity index (χ0) is 14.5. The Kier molecular flexibility index (Phi) is 4.25. The van der Waals surface area contributed by atoms with Crippen LogP contribution in [0.3, 0.4) is 0 Å². The number of halogens is 1. The number of hydrogen-bond acceptors (Lipinski definition) is 5. The van der Waals surface area contributed by atoms with Gasteiger partial charge in [0.25, 0.3) is 5.69 Å². The van der Waals surface area contributed by atoms with E-state index in [2.05, 4.69) is 10.0 Å². The van der Waals surface area contributed by atoms with E-state index in [0.29, 0.717) is 17.4 Å². The van der Waals surface area contributed by atoms with Crippen molar-refractivity contribution in [3.8, 4) is 0 Å². The molecule has 0 spiro atoms. The summed E-state index contributed by atoms with van der Waals surface area (Å²) in [5, 5.41) is 14.0. The predicted molar refractivity (Wildman–Crippen MR) is 79.0 cm³/mol. The fourth-order valence-electron chi connectivity index (χ4n) is 2.83. The SMILES string of the molecule is Cc1ccc([N+](=O)[O-])cc1S(=O)(=O)NC1C2CNCC21.Cl. The number of aryl methyl sites for hydroxylation is 1. The van der Waals surface area contributed by atoms with Gasteiger partial charge in [-0.15, -0.1) is 12.4 Å². The molecule has 1 aromatic carbocycles. The first-order chi connectivity index (χ1) is 9.40. The first-order valence-electron chi connectivity index (χ1n) is 6.38. The maximum Gasteiger partial charge on any atom is 0.270 e. The third kappa shape index (κ3) is 2.89. The van der Waals surface area contributed by atoms with Crippen molar-refractivity contribution in [1.29, 1.82) is 0 Å². The Labute approximate surface area is 128 Å². The second kappa shape index (κ2) is 5.53. The zero-order valence-electron chi connectivity index (χ0n) is 11.3. The van der Waals surface area contributed by atoms with Crippen molar-refractivity contribution in [3.63, 3.8) is 0 Å². The van der Waals surface area contributed by atoms with Crippen molar-refractivity contribution < 1.29 is 13.3 Å². The van der Waals surface area contributed by atoms with E-state index >= 15 is 0 Å². The fraction of sp³-hybridized carbons (Fsp3) is 0.500. The summed E-state index contributed by atoms with van der Waals surface area (Å²) in [7, 11) is -3.71. The van der Waals surface area contributed by atoms with Crippen LogP contribution in [0.4, 0.5) is 5.69 Å². The molecular formula is C12H16ClN3O4S. The third-order valence-electron chi connectivity index (χ3n) is 4.05. The normalized spacial score (nSPS) is 26.8. The number of piperidine rings is 1. The van der Waals surface area contributed by atoms with E-state index < -0.39 is 14.9 Å². The van der Waals surface area contributed by atoms with Crippen LogP contribution in [0.25, 0.3) is 0 Å². The lowest BCUT2D eigenvalue weighted by Gasteiger charge is -2.10. The largest absolute Gasteiger partial charge is 0.316 e. The lowest BCUT2D eigenvalue weighted by Crippen LogP contribution is -2.32. The fourth-order valence-corrected chi connectivity index (χ4v) is 4.43. The van der Waals surface area contributed by atoms with Gasteiger partial charge in [0.2, 0.25) is 10.0 Å². The van der Waals surface area contributed by atoms with Crippen LogP contribution in [-0.2, 0) is 10.0 Å². The van der Waals surface area contributed by atoms with E-state index in [9.17, 15) is 18.5 Å². The number of nitro groups is 1. The third-order valence-corrected chi connectivity index (χ3v) is 5.66. The van der Waals surface area contributed by atoms with Crippen LogP contribution in [0.2, 0.25) is 0 Å².